The van der Waals surface area contributed by atoms with Gasteiger partial charge >= 0.3 is 0 Å². The van der Waals surface area contributed by atoms with Gasteiger partial charge in [-0.25, -0.2) is 0 Å². The summed E-state index contributed by atoms with van der Waals surface area (Å²) in [6.07, 6.45) is 0. The topological polar surface area (TPSA) is 17.1 Å². The van der Waals surface area contributed by atoms with Gasteiger partial charge in [-0.1, -0.05) is 40.9 Å². The van der Waals surface area contributed by atoms with Gasteiger partial charge in [-0.05, 0) is 38.1 Å². The fraction of sp³-hybridized carbons (Fsp3) is 0.133. The number of benzene rings is 2. The second-order valence-corrected chi connectivity index (χ2v) is 4.65. The number of hydrogen-bond donors (Lipinski definition) is 0. The first kappa shape index (κ1) is 11.9. The van der Waals surface area contributed by atoms with Crippen molar-refractivity contribution in [2.45, 2.75) is 13.8 Å². The Morgan fingerprint density at radius 2 is 1.59 bits per heavy atom. The SMILES string of the molecule is Cc1cc(C)cc(C(=O)c2cccc(Cl)c2)c1. The molecule has 2 rings (SSSR count). The van der Waals surface area contributed by atoms with Crippen LogP contribution >= 0.6 is 11.6 Å². The molecule has 0 spiro atoms. The lowest BCUT2D eigenvalue weighted by Crippen LogP contribution is -2.02. The zero-order chi connectivity index (χ0) is 12.4. The molecule has 2 aromatic carbocycles. The van der Waals surface area contributed by atoms with Crippen molar-refractivity contribution in [3.8, 4) is 0 Å². The zero-order valence-electron chi connectivity index (χ0n) is 9.83. The Morgan fingerprint density at radius 3 is 2.18 bits per heavy atom. The molecule has 0 saturated carbocycles. The molecule has 0 aliphatic rings. The number of carbonyl (C=O) groups is 1. The van der Waals surface area contributed by atoms with Crippen LogP contribution in [0.5, 0.6) is 0 Å². The van der Waals surface area contributed by atoms with Crippen molar-refractivity contribution in [1.29, 1.82) is 0 Å². The third-order valence-electron chi connectivity index (χ3n) is 2.57. The van der Waals surface area contributed by atoms with Gasteiger partial charge in [0.15, 0.2) is 5.78 Å². The average Bonchev–Trinajstić information content (AvgIpc) is 2.26. The summed E-state index contributed by atoms with van der Waals surface area (Å²) in [6, 6.07) is 12.9. The lowest BCUT2D eigenvalue weighted by atomic mass is 9.99. The van der Waals surface area contributed by atoms with E-state index in [4.69, 9.17) is 11.6 Å². The molecule has 0 N–H and O–H groups in total. The molecule has 0 amide bonds. The molecule has 17 heavy (non-hydrogen) atoms. The van der Waals surface area contributed by atoms with Crippen LogP contribution in [0.1, 0.15) is 27.0 Å². The van der Waals surface area contributed by atoms with Crippen molar-refractivity contribution in [3.05, 3.63) is 69.7 Å². The van der Waals surface area contributed by atoms with Crippen LogP contribution in [0.25, 0.3) is 0 Å². The highest BCUT2D eigenvalue weighted by Gasteiger charge is 2.09. The molecule has 2 heteroatoms. The summed E-state index contributed by atoms with van der Waals surface area (Å²) < 4.78 is 0. The minimum atomic E-state index is 0.0132. The van der Waals surface area contributed by atoms with Crippen molar-refractivity contribution in [2.24, 2.45) is 0 Å². The van der Waals surface area contributed by atoms with Gasteiger partial charge in [0.1, 0.15) is 0 Å². The Hall–Kier alpha value is -1.60. The van der Waals surface area contributed by atoms with Crippen LogP contribution in [0.2, 0.25) is 5.02 Å². The van der Waals surface area contributed by atoms with Crippen LogP contribution in [0.3, 0.4) is 0 Å². The predicted molar refractivity (Wildman–Crippen MR) is 70.8 cm³/mol. The lowest BCUT2D eigenvalue weighted by Gasteiger charge is -2.04. The fourth-order valence-electron chi connectivity index (χ4n) is 1.90. The predicted octanol–water partition coefficient (Wildman–Crippen LogP) is 4.19. The highest BCUT2D eigenvalue weighted by Crippen LogP contribution is 2.17. The van der Waals surface area contributed by atoms with Crippen molar-refractivity contribution >= 4 is 17.4 Å². The van der Waals surface area contributed by atoms with Gasteiger partial charge in [0.05, 0.1) is 0 Å². The normalized spacial score (nSPS) is 10.3. The van der Waals surface area contributed by atoms with E-state index < -0.39 is 0 Å². The van der Waals surface area contributed by atoms with E-state index in [0.717, 1.165) is 11.1 Å². The maximum absolute atomic E-state index is 12.2. The largest absolute Gasteiger partial charge is 0.289 e. The quantitative estimate of drug-likeness (QED) is 0.724. The molecule has 0 bridgehead atoms. The molecule has 0 fully saturated rings. The molecule has 2 aromatic rings. The van der Waals surface area contributed by atoms with Crippen LogP contribution in [0.15, 0.2) is 42.5 Å². The van der Waals surface area contributed by atoms with Crippen LogP contribution in [0, 0.1) is 13.8 Å². The fourth-order valence-corrected chi connectivity index (χ4v) is 2.09. The molecule has 0 radical (unpaired) electrons. The van der Waals surface area contributed by atoms with E-state index in [0.29, 0.717) is 16.1 Å². The summed E-state index contributed by atoms with van der Waals surface area (Å²) in [6.45, 7) is 3.98. The molecule has 0 unspecified atom stereocenters. The summed E-state index contributed by atoms with van der Waals surface area (Å²) in [5, 5.41) is 0.584. The highest BCUT2D eigenvalue weighted by molar-refractivity contribution is 6.31. The van der Waals surface area contributed by atoms with E-state index in [-0.39, 0.29) is 5.78 Å². The number of carbonyl (C=O) groups excluding carboxylic acids is 1. The highest BCUT2D eigenvalue weighted by atomic mass is 35.5. The number of hydrogen-bond acceptors (Lipinski definition) is 1. The minimum absolute atomic E-state index is 0.0132. The van der Waals surface area contributed by atoms with E-state index in [2.05, 4.69) is 6.07 Å². The zero-order valence-corrected chi connectivity index (χ0v) is 10.6. The molecule has 86 valence electrons. The first-order chi connectivity index (χ1) is 8.06. The van der Waals surface area contributed by atoms with Crippen molar-refractivity contribution < 1.29 is 4.79 Å². The van der Waals surface area contributed by atoms with Gasteiger partial charge in [0, 0.05) is 16.1 Å². The maximum atomic E-state index is 12.2. The van der Waals surface area contributed by atoms with Gasteiger partial charge in [0.2, 0.25) is 0 Å². The molecule has 0 aliphatic carbocycles. The average molecular weight is 245 g/mol. The van der Waals surface area contributed by atoms with Crippen LogP contribution in [-0.4, -0.2) is 5.78 Å². The van der Waals surface area contributed by atoms with E-state index in [1.54, 1.807) is 24.3 Å². The minimum Gasteiger partial charge on any atom is -0.289 e. The Bertz CT molecular complexity index is 553. The third-order valence-corrected chi connectivity index (χ3v) is 2.81. The number of aryl methyl sites for hydroxylation is 2. The summed E-state index contributed by atoms with van der Waals surface area (Å²) in [7, 11) is 0. The van der Waals surface area contributed by atoms with Gasteiger partial charge in [0.25, 0.3) is 0 Å². The standard InChI is InChI=1S/C15H13ClO/c1-10-6-11(2)8-13(7-10)15(17)12-4-3-5-14(16)9-12/h3-9H,1-2H3. The van der Waals surface area contributed by atoms with Crippen LogP contribution in [0.4, 0.5) is 0 Å². The van der Waals surface area contributed by atoms with Gasteiger partial charge in [-0.2, -0.15) is 0 Å². The van der Waals surface area contributed by atoms with E-state index in [9.17, 15) is 4.79 Å². The van der Waals surface area contributed by atoms with E-state index >= 15 is 0 Å². The molecule has 0 aliphatic heterocycles. The molecular weight excluding hydrogens is 232 g/mol. The molecule has 0 aromatic heterocycles. The summed E-state index contributed by atoms with van der Waals surface area (Å²) in [5.74, 6) is 0.0132. The first-order valence-electron chi connectivity index (χ1n) is 5.45. The van der Waals surface area contributed by atoms with Crippen LogP contribution in [-0.2, 0) is 0 Å². The lowest BCUT2D eigenvalue weighted by molar-refractivity contribution is 0.103. The molecule has 1 nitrogen and oxygen atoms in total. The molecule has 0 saturated heterocycles. The number of rotatable bonds is 2. The number of ketones is 1. The smallest absolute Gasteiger partial charge is 0.193 e. The Labute approximate surface area is 106 Å². The summed E-state index contributed by atoms with van der Waals surface area (Å²) in [4.78, 5) is 12.2. The molecule has 0 heterocycles. The van der Waals surface area contributed by atoms with Crippen molar-refractivity contribution in [2.75, 3.05) is 0 Å². The number of halogens is 1. The van der Waals surface area contributed by atoms with Crippen molar-refractivity contribution in [3.63, 3.8) is 0 Å². The summed E-state index contributed by atoms with van der Waals surface area (Å²) in [5.41, 5.74) is 3.53. The Balaban J connectivity index is 2.43. The van der Waals surface area contributed by atoms with Crippen LogP contribution < -0.4 is 0 Å². The molecule has 0 atom stereocenters. The molecular formula is C15H13ClO. The summed E-state index contributed by atoms with van der Waals surface area (Å²) >= 11 is 5.89. The van der Waals surface area contributed by atoms with Gasteiger partial charge in [-0.3, -0.25) is 4.79 Å². The third kappa shape index (κ3) is 2.75. The van der Waals surface area contributed by atoms with E-state index in [1.165, 1.54) is 0 Å². The van der Waals surface area contributed by atoms with Crippen molar-refractivity contribution in [1.82, 2.24) is 0 Å². The van der Waals surface area contributed by atoms with E-state index in [1.807, 2.05) is 26.0 Å². The Morgan fingerprint density at radius 1 is 0.941 bits per heavy atom. The maximum Gasteiger partial charge on any atom is 0.193 e. The second kappa shape index (κ2) is 4.72. The Kier molecular flexibility index (Phi) is 3.30. The monoisotopic (exact) mass is 244 g/mol. The van der Waals surface area contributed by atoms with Gasteiger partial charge < -0.3 is 0 Å². The second-order valence-electron chi connectivity index (χ2n) is 4.22. The first-order valence-corrected chi connectivity index (χ1v) is 5.82. The van der Waals surface area contributed by atoms with Gasteiger partial charge in [-0.15, -0.1) is 0 Å².